The van der Waals surface area contributed by atoms with Crippen molar-refractivity contribution in [3.05, 3.63) is 60.2 Å². The fourth-order valence-electron chi connectivity index (χ4n) is 3.64. The fourth-order valence-corrected chi connectivity index (χ4v) is 3.64. The van der Waals surface area contributed by atoms with Crippen LogP contribution in [-0.2, 0) is 6.54 Å². The second-order valence-corrected chi connectivity index (χ2v) is 6.68. The van der Waals surface area contributed by atoms with E-state index >= 15 is 0 Å². The molecule has 0 atom stereocenters. The maximum Gasteiger partial charge on any atom is 0.152 e. The first-order valence-electron chi connectivity index (χ1n) is 9.48. The van der Waals surface area contributed by atoms with Crippen molar-refractivity contribution in [1.29, 1.82) is 0 Å². The molecule has 1 aromatic heterocycles. The lowest BCUT2D eigenvalue weighted by atomic mass is 10.1. The van der Waals surface area contributed by atoms with Crippen molar-refractivity contribution < 1.29 is 4.79 Å². The molecule has 3 aromatic rings. The monoisotopic (exact) mass is 333 g/mol. The minimum absolute atomic E-state index is 0.813. The third kappa shape index (κ3) is 3.84. The third-order valence-electron chi connectivity index (χ3n) is 4.91. The highest BCUT2D eigenvalue weighted by molar-refractivity contribution is 6.05. The summed E-state index contributed by atoms with van der Waals surface area (Å²) in [6.45, 7) is 3.21. The SMILES string of the molecule is CCCCCCCCn1c(-c2ccccc2)c(C=O)c2ccccc21. The van der Waals surface area contributed by atoms with Gasteiger partial charge in [0.2, 0.25) is 0 Å². The Morgan fingerprint density at radius 2 is 1.52 bits per heavy atom. The van der Waals surface area contributed by atoms with E-state index < -0.39 is 0 Å². The van der Waals surface area contributed by atoms with Crippen LogP contribution in [0.4, 0.5) is 0 Å². The average molecular weight is 333 g/mol. The molecule has 1 heterocycles. The quantitative estimate of drug-likeness (QED) is 0.324. The molecule has 2 heteroatoms. The van der Waals surface area contributed by atoms with Gasteiger partial charge >= 0.3 is 0 Å². The van der Waals surface area contributed by atoms with Crippen LogP contribution < -0.4 is 0 Å². The van der Waals surface area contributed by atoms with Crippen molar-refractivity contribution in [1.82, 2.24) is 4.57 Å². The van der Waals surface area contributed by atoms with Crippen molar-refractivity contribution in [2.75, 3.05) is 0 Å². The Labute approximate surface area is 150 Å². The normalized spacial score (nSPS) is 11.1. The molecule has 0 radical (unpaired) electrons. The third-order valence-corrected chi connectivity index (χ3v) is 4.91. The Kier molecular flexibility index (Phi) is 6.05. The highest BCUT2D eigenvalue weighted by Gasteiger charge is 2.17. The second kappa shape index (κ2) is 8.66. The predicted molar refractivity (Wildman–Crippen MR) is 106 cm³/mol. The number of para-hydroxylation sites is 1. The Balaban J connectivity index is 1.93. The lowest BCUT2D eigenvalue weighted by molar-refractivity contribution is 0.112. The van der Waals surface area contributed by atoms with Gasteiger partial charge in [-0.25, -0.2) is 0 Å². The van der Waals surface area contributed by atoms with Gasteiger partial charge in [0.15, 0.2) is 6.29 Å². The van der Waals surface area contributed by atoms with E-state index in [1.54, 1.807) is 0 Å². The molecular weight excluding hydrogens is 306 g/mol. The summed E-state index contributed by atoms with van der Waals surface area (Å²) in [6.07, 6.45) is 8.66. The van der Waals surface area contributed by atoms with Crippen molar-refractivity contribution in [2.45, 2.75) is 52.0 Å². The van der Waals surface area contributed by atoms with Gasteiger partial charge in [0.1, 0.15) is 0 Å². The Morgan fingerprint density at radius 3 is 2.28 bits per heavy atom. The number of fused-ring (bicyclic) bond motifs is 1. The zero-order valence-corrected chi connectivity index (χ0v) is 15.1. The minimum Gasteiger partial charge on any atom is -0.340 e. The van der Waals surface area contributed by atoms with Crippen LogP contribution in [0.1, 0.15) is 55.8 Å². The molecule has 0 saturated carbocycles. The summed E-state index contributed by atoms with van der Waals surface area (Å²) in [4.78, 5) is 11.9. The topological polar surface area (TPSA) is 22.0 Å². The van der Waals surface area contributed by atoms with Gasteiger partial charge in [0.25, 0.3) is 0 Å². The number of benzene rings is 2. The van der Waals surface area contributed by atoms with Gasteiger partial charge in [-0.3, -0.25) is 4.79 Å². The molecule has 25 heavy (non-hydrogen) atoms. The van der Waals surface area contributed by atoms with Gasteiger partial charge in [-0.1, -0.05) is 87.6 Å². The molecule has 3 rings (SSSR count). The first kappa shape index (κ1) is 17.5. The predicted octanol–water partition coefficient (Wildman–Crippen LogP) is 6.48. The molecule has 0 fully saturated rings. The van der Waals surface area contributed by atoms with Crippen LogP contribution in [0, 0.1) is 0 Å². The van der Waals surface area contributed by atoms with Crippen LogP contribution in [0.25, 0.3) is 22.2 Å². The summed E-state index contributed by atoms with van der Waals surface area (Å²) in [5, 5.41) is 1.06. The molecule has 0 amide bonds. The molecule has 0 saturated heterocycles. The summed E-state index contributed by atoms with van der Waals surface area (Å²) in [7, 11) is 0. The molecular formula is C23H27NO. The number of hydrogen-bond donors (Lipinski definition) is 0. The first-order chi connectivity index (χ1) is 12.4. The van der Waals surface area contributed by atoms with Crippen molar-refractivity contribution >= 4 is 17.2 Å². The van der Waals surface area contributed by atoms with Crippen LogP contribution in [0.2, 0.25) is 0 Å². The van der Waals surface area contributed by atoms with E-state index in [4.69, 9.17) is 0 Å². The lowest BCUT2D eigenvalue weighted by Gasteiger charge is -2.12. The smallest absolute Gasteiger partial charge is 0.152 e. The first-order valence-corrected chi connectivity index (χ1v) is 9.48. The summed E-state index contributed by atoms with van der Waals surface area (Å²) < 4.78 is 2.34. The molecule has 2 aromatic carbocycles. The van der Waals surface area contributed by atoms with Crippen molar-refractivity contribution in [3.8, 4) is 11.3 Å². The molecule has 130 valence electrons. The number of carbonyl (C=O) groups is 1. The molecule has 0 unspecified atom stereocenters. The lowest BCUT2D eigenvalue weighted by Crippen LogP contribution is -2.01. The summed E-state index contributed by atoms with van der Waals surface area (Å²) in [5.74, 6) is 0. The highest BCUT2D eigenvalue weighted by Crippen LogP contribution is 2.33. The maximum atomic E-state index is 11.9. The molecule has 0 spiro atoms. The number of carbonyl (C=O) groups excluding carboxylic acids is 1. The second-order valence-electron chi connectivity index (χ2n) is 6.68. The number of unbranched alkanes of at least 4 members (excludes halogenated alkanes) is 5. The summed E-state index contributed by atoms with van der Waals surface area (Å²) in [5.41, 5.74) is 4.15. The van der Waals surface area contributed by atoms with Crippen LogP contribution in [0.5, 0.6) is 0 Å². The molecule has 0 bridgehead atoms. The number of aryl methyl sites for hydroxylation is 1. The zero-order chi connectivity index (χ0) is 17.5. The van der Waals surface area contributed by atoms with Crippen LogP contribution in [0.15, 0.2) is 54.6 Å². The zero-order valence-electron chi connectivity index (χ0n) is 15.1. The molecule has 0 N–H and O–H groups in total. The van der Waals surface area contributed by atoms with Crippen LogP contribution in [-0.4, -0.2) is 10.9 Å². The van der Waals surface area contributed by atoms with Gasteiger partial charge in [0.05, 0.1) is 5.69 Å². The number of aromatic nitrogens is 1. The van der Waals surface area contributed by atoms with Gasteiger partial charge in [-0.05, 0) is 18.1 Å². The van der Waals surface area contributed by atoms with Gasteiger partial charge in [-0.15, -0.1) is 0 Å². The van der Waals surface area contributed by atoms with E-state index in [9.17, 15) is 4.79 Å². The Morgan fingerprint density at radius 1 is 0.840 bits per heavy atom. The molecule has 0 aliphatic rings. The number of rotatable bonds is 9. The molecule has 2 nitrogen and oxygen atoms in total. The van der Waals surface area contributed by atoms with E-state index in [0.29, 0.717) is 0 Å². The van der Waals surface area contributed by atoms with Crippen molar-refractivity contribution in [2.24, 2.45) is 0 Å². The Bertz CT molecular complexity index is 817. The standard InChI is InChI=1S/C23H27NO/c1-2-3-4-5-6-12-17-24-22-16-11-10-15-20(22)21(18-25)23(24)19-13-8-7-9-14-19/h7-11,13-16,18H,2-6,12,17H2,1H3. The van der Waals surface area contributed by atoms with Crippen molar-refractivity contribution in [3.63, 3.8) is 0 Å². The summed E-state index contributed by atoms with van der Waals surface area (Å²) in [6, 6.07) is 18.5. The van der Waals surface area contributed by atoms with E-state index in [1.807, 2.05) is 24.3 Å². The molecule has 0 aliphatic heterocycles. The van der Waals surface area contributed by atoms with Gasteiger partial charge in [-0.2, -0.15) is 0 Å². The fraction of sp³-hybridized carbons (Fsp3) is 0.348. The Hall–Kier alpha value is -2.35. The molecule has 0 aliphatic carbocycles. The van der Waals surface area contributed by atoms with Crippen LogP contribution in [0.3, 0.4) is 0 Å². The number of nitrogens with zero attached hydrogens (tertiary/aromatic N) is 1. The van der Waals surface area contributed by atoms with E-state index in [2.05, 4.69) is 41.8 Å². The van der Waals surface area contributed by atoms with Gasteiger partial charge < -0.3 is 4.57 Å². The van der Waals surface area contributed by atoms with Crippen LogP contribution >= 0.6 is 0 Å². The average Bonchev–Trinajstić information content (AvgIpc) is 2.99. The number of aldehydes is 1. The highest BCUT2D eigenvalue weighted by atomic mass is 16.1. The van der Waals surface area contributed by atoms with Gasteiger partial charge in [0, 0.05) is 23.0 Å². The van der Waals surface area contributed by atoms with E-state index in [0.717, 1.165) is 47.0 Å². The maximum absolute atomic E-state index is 11.9. The minimum atomic E-state index is 0.813. The van der Waals surface area contributed by atoms with E-state index in [-0.39, 0.29) is 0 Å². The largest absolute Gasteiger partial charge is 0.340 e. The van der Waals surface area contributed by atoms with E-state index in [1.165, 1.54) is 32.1 Å². The summed E-state index contributed by atoms with van der Waals surface area (Å²) >= 11 is 0. The number of hydrogen-bond acceptors (Lipinski definition) is 1.